The van der Waals surface area contributed by atoms with Gasteiger partial charge in [0.2, 0.25) is 0 Å². The number of nitrogens with zero attached hydrogens (tertiary/aromatic N) is 2. The van der Waals surface area contributed by atoms with E-state index in [1.54, 1.807) is 23.2 Å². The van der Waals surface area contributed by atoms with Crippen LogP contribution in [0.3, 0.4) is 0 Å². The minimum absolute atomic E-state index is 0.326. The molecule has 1 amide bonds. The fourth-order valence-electron chi connectivity index (χ4n) is 1.35. The molecular weight excluding hydrogens is 274 g/mol. The SMILES string of the molecule is C=CCOc1ccc(/C=N/NC(=O)c2cscn2)cc1. The van der Waals surface area contributed by atoms with Crippen LogP contribution in [-0.4, -0.2) is 23.7 Å². The van der Waals surface area contributed by atoms with E-state index in [-0.39, 0.29) is 5.91 Å². The van der Waals surface area contributed by atoms with Gasteiger partial charge >= 0.3 is 0 Å². The number of benzene rings is 1. The van der Waals surface area contributed by atoms with Gasteiger partial charge in [-0.3, -0.25) is 4.79 Å². The van der Waals surface area contributed by atoms with Crippen LogP contribution in [0.25, 0.3) is 0 Å². The molecular formula is C14H13N3O2S. The minimum atomic E-state index is -0.326. The van der Waals surface area contributed by atoms with Crippen molar-refractivity contribution in [1.29, 1.82) is 0 Å². The van der Waals surface area contributed by atoms with E-state index in [1.165, 1.54) is 11.3 Å². The van der Waals surface area contributed by atoms with Crippen LogP contribution in [0, 0.1) is 0 Å². The molecule has 5 nitrogen and oxygen atoms in total. The van der Waals surface area contributed by atoms with Crippen molar-refractivity contribution >= 4 is 23.5 Å². The number of carbonyl (C=O) groups is 1. The Morgan fingerprint density at radius 1 is 1.45 bits per heavy atom. The van der Waals surface area contributed by atoms with Gasteiger partial charge in [-0.15, -0.1) is 11.3 Å². The molecule has 0 saturated carbocycles. The maximum absolute atomic E-state index is 11.6. The van der Waals surface area contributed by atoms with Crippen LogP contribution in [0.15, 0.2) is 52.9 Å². The molecule has 0 saturated heterocycles. The summed E-state index contributed by atoms with van der Waals surface area (Å²) in [5.41, 5.74) is 5.23. The smallest absolute Gasteiger partial charge is 0.290 e. The predicted molar refractivity (Wildman–Crippen MR) is 79.3 cm³/mol. The van der Waals surface area contributed by atoms with Crippen molar-refractivity contribution in [3.8, 4) is 5.75 Å². The topological polar surface area (TPSA) is 63.6 Å². The van der Waals surface area contributed by atoms with Gasteiger partial charge < -0.3 is 4.74 Å². The third-order valence-corrected chi connectivity index (χ3v) is 2.88. The molecule has 1 N–H and O–H groups in total. The highest BCUT2D eigenvalue weighted by molar-refractivity contribution is 7.07. The van der Waals surface area contributed by atoms with Crippen molar-refractivity contribution < 1.29 is 9.53 Å². The number of nitrogens with one attached hydrogen (secondary N) is 1. The molecule has 0 unspecified atom stereocenters. The van der Waals surface area contributed by atoms with Gasteiger partial charge in [0.15, 0.2) is 0 Å². The Kier molecular flexibility index (Phi) is 5.02. The Balaban J connectivity index is 1.88. The zero-order valence-corrected chi connectivity index (χ0v) is 11.5. The van der Waals surface area contributed by atoms with E-state index < -0.39 is 0 Å². The zero-order chi connectivity index (χ0) is 14.2. The van der Waals surface area contributed by atoms with E-state index in [9.17, 15) is 4.79 Å². The van der Waals surface area contributed by atoms with Gasteiger partial charge in [-0.2, -0.15) is 5.10 Å². The van der Waals surface area contributed by atoms with Crippen molar-refractivity contribution in [1.82, 2.24) is 10.4 Å². The molecule has 2 rings (SSSR count). The first-order chi connectivity index (χ1) is 9.79. The van der Waals surface area contributed by atoms with Crippen LogP contribution in [-0.2, 0) is 0 Å². The molecule has 0 aliphatic heterocycles. The van der Waals surface area contributed by atoms with E-state index in [2.05, 4.69) is 22.1 Å². The quantitative estimate of drug-likeness (QED) is 0.504. The number of carbonyl (C=O) groups excluding carboxylic acids is 1. The van der Waals surface area contributed by atoms with Gasteiger partial charge in [0.25, 0.3) is 5.91 Å². The predicted octanol–water partition coefficient (Wildman–Crippen LogP) is 2.47. The molecule has 0 spiro atoms. The van der Waals surface area contributed by atoms with Crippen molar-refractivity contribution in [3.05, 3.63) is 59.1 Å². The van der Waals surface area contributed by atoms with Gasteiger partial charge in [0.1, 0.15) is 18.1 Å². The number of amides is 1. The van der Waals surface area contributed by atoms with Crippen molar-refractivity contribution in [2.75, 3.05) is 6.61 Å². The molecule has 0 aliphatic carbocycles. The Hall–Kier alpha value is -2.47. The first-order valence-corrected chi connectivity index (χ1v) is 6.79. The average molecular weight is 287 g/mol. The largest absolute Gasteiger partial charge is 0.490 e. The highest BCUT2D eigenvalue weighted by Crippen LogP contribution is 2.10. The highest BCUT2D eigenvalue weighted by atomic mass is 32.1. The average Bonchev–Trinajstić information content (AvgIpc) is 3.00. The van der Waals surface area contributed by atoms with Crippen LogP contribution in [0.2, 0.25) is 0 Å². The first kappa shape index (κ1) is 14.0. The monoisotopic (exact) mass is 287 g/mol. The van der Waals surface area contributed by atoms with Gasteiger partial charge in [-0.05, 0) is 29.8 Å². The number of aromatic nitrogens is 1. The summed E-state index contributed by atoms with van der Waals surface area (Å²) < 4.78 is 5.36. The minimum Gasteiger partial charge on any atom is -0.490 e. The number of rotatable bonds is 6. The van der Waals surface area contributed by atoms with Crippen molar-refractivity contribution in [2.45, 2.75) is 0 Å². The molecule has 0 fully saturated rings. The molecule has 1 aromatic carbocycles. The third-order valence-electron chi connectivity index (χ3n) is 2.29. The van der Waals surface area contributed by atoms with Crippen molar-refractivity contribution in [2.24, 2.45) is 5.10 Å². The molecule has 2 aromatic rings. The molecule has 102 valence electrons. The van der Waals surface area contributed by atoms with Gasteiger partial charge in [0.05, 0.1) is 11.7 Å². The lowest BCUT2D eigenvalue weighted by molar-refractivity contribution is 0.0951. The molecule has 20 heavy (non-hydrogen) atoms. The van der Waals surface area contributed by atoms with Crippen LogP contribution in [0.5, 0.6) is 5.75 Å². The molecule has 1 aromatic heterocycles. The second-order valence-corrected chi connectivity index (χ2v) is 4.46. The Morgan fingerprint density at radius 2 is 2.25 bits per heavy atom. The van der Waals surface area contributed by atoms with Crippen LogP contribution >= 0.6 is 11.3 Å². The number of hydrogen-bond donors (Lipinski definition) is 1. The summed E-state index contributed by atoms with van der Waals surface area (Å²) in [6.07, 6.45) is 3.24. The lowest BCUT2D eigenvalue weighted by Gasteiger charge is -2.02. The highest BCUT2D eigenvalue weighted by Gasteiger charge is 2.04. The number of hydrogen-bond acceptors (Lipinski definition) is 5. The number of ether oxygens (including phenoxy) is 1. The van der Waals surface area contributed by atoms with Crippen LogP contribution in [0.4, 0.5) is 0 Å². The normalized spacial score (nSPS) is 10.4. The van der Waals surface area contributed by atoms with E-state index in [0.717, 1.165) is 11.3 Å². The standard InChI is InChI=1S/C14H13N3O2S/c1-2-7-19-12-5-3-11(4-6-12)8-16-17-14(18)13-9-20-10-15-13/h2-6,8-10H,1,7H2,(H,17,18)/b16-8+. The summed E-state index contributed by atoms with van der Waals surface area (Å²) in [5, 5.41) is 5.54. The van der Waals surface area contributed by atoms with E-state index >= 15 is 0 Å². The molecule has 0 bridgehead atoms. The van der Waals surface area contributed by atoms with Crippen LogP contribution in [0.1, 0.15) is 16.1 Å². The summed E-state index contributed by atoms with van der Waals surface area (Å²) in [7, 11) is 0. The summed E-state index contributed by atoms with van der Waals surface area (Å²) >= 11 is 1.36. The summed E-state index contributed by atoms with van der Waals surface area (Å²) in [4.78, 5) is 15.4. The fourth-order valence-corrected chi connectivity index (χ4v) is 1.88. The maximum Gasteiger partial charge on any atom is 0.290 e. The van der Waals surface area contributed by atoms with Crippen LogP contribution < -0.4 is 10.2 Å². The van der Waals surface area contributed by atoms with Gasteiger partial charge in [0, 0.05) is 5.38 Å². The number of hydrazone groups is 1. The Bertz CT molecular complexity index is 591. The maximum atomic E-state index is 11.6. The summed E-state index contributed by atoms with van der Waals surface area (Å²) in [5.74, 6) is 0.432. The second-order valence-electron chi connectivity index (χ2n) is 3.74. The first-order valence-electron chi connectivity index (χ1n) is 5.85. The fraction of sp³-hybridized carbons (Fsp3) is 0.0714. The number of thiazole rings is 1. The molecule has 0 radical (unpaired) electrons. The van der Waals surface area contributed by atoms with Gasteiger partial charge in [-0.25, -0.2) is 10.4 Å². The van der Waals surface area contributed by atoms with E-state index in [4.69, 9.17) is 4.74 Å². The van der Waals surface area contributed by atoms with E-state index in [1.807, 2.05) is 24.3 Å². The second kappa shape index (κ2) is 7.20. The summed E-state index contributed by atoms with van der Waals surface area (Å²) in [6.45, 7) is 4.05. The van der Waals surface area contributed by atoms with Gasteiger partial charge in [-0.1, -0.05) is 12.7 Å². The lowest BCUT2D eigenvalue weighted by Crippen LogP contribution is -2.17. The van der Waals surface area contributed by atoms with E-state index in [0.29, 0.717) is 12.3 Å². The third kappa shape index (κ3) is 4.03. The molecule has 0 atom stereocenters. The summed E-state index contributed by atoms with van der Waals surface area (Å²) in [6, 6.07) is 7.34. The molecule has 1 heterocycles. The Labute approximate surface area is 120 Å². The lowest BCUT2D eigenvalue weighted by atomic mass is 10.2. The molecule has 0 aliphatic rings. The van der Waals surface area contributed by atoms with Crippen molar-refractivity contribution in [3.63, 3.8) is 0 Å². The Morgan fingerprint density at radius 3 is 2.90 bits per heavy atom. The molecule has 6 heteroatoms. The zero-order valence-electron chi connectivity index (χ0n) is 10.7.